The first-order valence-corrected chi connectivity index (χ1v) is 6.69. The number of carbonyl (C=O) groups excluding carboxylic acids is 1. The third kappa shape index (κ3) is 4.12. The van der Waals surface area contributed by atoms with Crippen molar-refractivity contribution in [2.75, 3.05) is 6.54 Å². The molecule has 1 unspecified atom stereocenters. The third-order valence-electron chi connectivity index (χ3n) is 3.56. The maximum atomic E-state index is 11.7. The Morgan fingerprint density at radius 2 is 1.94 bits per heavy atom. The van der Waals surface area contributed by atoms with E-state index < -0.39 is 0 Å². The van der Waals surface area contributed by atoms with Gasteiger partial charge in [0.2, 0.25) is 5.91 Å². The molecule has 0 aromatic rings. The molecule has 0 radical (unpaired) electrons. The van der Waals surface area contributed by atoms with Gasteiger partial charge in [0.15, 0.2) is 0 Å². The monoisotopic (exact) mass is 226 g/mol. The Kier molecular flexibility index (Phi) is 5.81. The van der Waals surface area contributed by atoms with Crippen molar-refractivity contribution in [1.82, 2.24) is 10.6 Å². The van der Waals surface area contributed by atoms with Gasteiger partial charge in [-0.25, -0.2) is 0 Å². The summed E-state index contributed by atoms with van der Waals surface area (Å²) in [6.45, 7) is 7.01. The molecule has 1 saturated carbocycles. The van der Waals surface area contributed by atoms with E-state index in [1.807, 2.05) is 6.92 Å². The number of amides is 1. The lowest BCUT2D eigenvalue weighted by Crippen LogP contribution is -2.47. The van der Waals surface area contributed by atoms with Crippen molar-refractivity contribution in [1.29, 1.82) is 0 Å². The van der Waals surface area contributed by atoms with Crippen LogP contribution in [0.3, 0.4) is 0 Å². The fourth-order valence-corrected chi connectivity index (χ4v) is 2.46. The summed E-state index contributed by atoms with van der Waals surface area (Å²) in [6, 6.07) is 0.395. The SMILES string of the molecule is CCCNC(=O)C(C)N[C@H](C)C1CCCC1. The average molecular weight is 226 g/mol. The standard InChI is InChI=1S/C13H26N2O/c1-4-9-14-13(16)11(3)15-10(2)12-7-5-6-8-12/h10-12,15H,4-9H2,1-3H3,(H,14,16)/t10-,11?/m1/s1. The maximum absolute atomic E-state index is 11.7. The zero-order valence-corrected chi connectivity index (χ0v) is 10.9. The van der Waals surface area contributed by atoms with Gasteiger partial charge in [0, 0.05) is 12.6 Å². The van der Waals surface area contributed by atoms with Crippen molar-refractivity contribution in [2.24, 2.45) is 5.92 Å². The van der Waals surface area contributed by atoms with Crippen LogP contribution in [-0.4, -0.2) is 24.5 Å². The van der Waals surface area contributed by atoms with Gasteiger partial charge in [-0.15, -0.1) is 0 Å². The largest absolute Gasteiger partial charge is 0.355 e. The van der Waals surface area contributed by atoms with Crippen LogP contribution >= 0.6 is 0 Å². The molecule has 3 nitrogen and oxygen atoms in total. The van der Waals surface area contributed by atoms with Gasteiger partial charge in [-0.1, -0.05) is 19.8 Å². The van der Waals surface area contributed by atoms with Crippen LogP contribution in [0.25, 0.3) is 0 Å². The zero-order valence-electron chi connectivity index (χ0n) is 10.9. The number of carbonyl (C=O) groups is 1. The normalized spacial score (nSPS) is 20.7. The summed E-state index contributed by atoms with van der Waals surface area (Å²) in [5.74, 6) is 0.896. The Morgan fingerprint density at radius 3 is 2.50 bits per heavy atom. The van der Waals surface area contributed by atoms with Gasteiger partial charge in [-0.3, -0.25) is 4.79 Å². The summed E-state index contributed by atoms with van der Waals surface area (Å²) in [5.41, 5.74) is 0. The molecule has 16 heavy (non-hydrogen) atoms. The van der Waals surface area contributed by atoms with Gasteiger partial charge in [-0.2, -0.15) is 0 Å². The highest BCUT2D eigenvalue weighted by Gasteiger charge is 2.24. The Morgan fingerprint density at radius 1 is 1.31 bits per heavy atom. The van der Waals surface area contributed by atoms with E-state index >= 15 is 0 Å². The minimum Gasteiger partial charge on any atom is -0.355 e. The molecule has 1 amide bonds. The van der Waals surface area contributed by atoms with E-state index in [9.17, 15) is 4.79 Å². The van der Waals surface area contributed by atoms with Gasteiger partial charge in [0.05, 0.1) is 6.04 Å². The van der Waals surface area contributed by atoms with E-state index in [4.69, 9.17) is 0 Å². The zero-order chi connectivity index (χ0) is 12.0. The smallest absolute Gasteiger partial charge is 0.236 e. The lowest BCUT2D eigenvalue weighted by atomic mass is 9.99. The number of rotatable bonds is 6. The van der Waals surface area contributed by atoms with E-state index in [-0.39, 0.29) is 11.9 Å². The molecule has 2 atom stereocenters. The first kappa shape index (κ1) is 13.5. The Hall–Kier alpha value is -0.570. The molecule has 0 heterocycles. The van der Waals surface area contributed by atoms with Crippen LogP contribution in [0.2, 0.25) is 0 Å². The average Bonchev–Trinajstić information content (AvgIpc) is 2.79. The Balaban J connectivity index is 2.26. The minimum absolute atomic E-state index is 0.0675. The summed E-state index contributed by atoms with van der Waals surface area (Å²) in [4.78, 5) is 11.7. The molecule has 1 aliphatic carbocycles. The molecule has 94 valence electrons. The third-order valence-corrected chi connectivity index (χ3v) is 3.56. The topological polar surface area (TPSA) is 41.1 Å². The summed E-state index contributed by atoms with van der Waals surface area (Å²) in [5, 5.41) is 6.35. The lowest BCUT2D eigenvalue weighted by molar-refractivity contribution is -0.123. The van der Waals surface area contributed by atoms with E-state index in [1.54, 1.807) is 0 Å². The van der Waals surface area contributed by atoms with Gasteiger partial charge in [0.1, 0.15) is 0 Å². The van der Waals surface area contributed by atoms with E-state index in [2.05, 4.69) is 24.5 Å². The number of hydrogen-bond donors (Lipinski definition) is 2. The van der Waals surface area contributed by atoms with Crippen molar-refractivity contribution in [3.05, 3.63) is 0 Å². The molecule has 3 heteroatoms. The highest BCUT2D eigenvalue weighted by molar-refractivity contribution is 5.81. The minimum atomic E-state index is -0.0675. The van der Waals surface area contributed by atoms with Crippen molar-refractivity contribution < 1.29 is 4.79 Å². The van der Waals surface area contributed by atoms with E-state index in [1.165, 1.54) is 25.7 Å². The predicted molar refractivity (Wildman–Crippen MR) is 67.3 cm³/mol. The first-order chi connectivity index (χ1) is 7.65. The van der Waals surface area contributed by atoms with Gasteiger partial charge in [0.25, 0.3) is 0 Å². The van der Waals surface area contributed by atoms with Crippen LogP contribution in [-0.2, 0) is 4.79 Å². The molecule has 0 bridgehead atoms. The second-order valence-corrected chi connectivity index (χ2v) is 5.01. The molecule has 0 aliphatic heterocycles. The van der Waals surface area contributed by atoms with E-state index in [0.717, 1.165) is 18.9 Å². The summed E-state index contributed by atoms with van der Waals surface area (Å²) in [6.07, 6.45) is 6.34. The molecule has 1 aliphatic rings. The molecule has 1 fully saturated rings. The summed E-state index contributed by atoms with van der Waals surface area (Å²) in [7, 11) is 0. The number of nitrogens with one attached hydrogen (secondary N) is 2. The maximum Gasteiger partial charge on any atom is 0.236 e. The molecule has 1 rings (SSSR count). The van der Waals surface area contributed by atoms with Crippen LogP contribution in [0.1, 0.15) is 52.9 Å². The molecule has 2 N–H and O–H groups in total. The van der Waals surface area contributed by atoms with Crippen LogP contribution in [0.4, 0.5) is 0 Å². The molecule has 0 spiro atoms. The van der Waals surface area contributed by atoms with Crippen molar-refractivity contribution in [2.45, 2.75) is 65.0 Å². The quantitative estimate of drug-likeness (QED) is 0.728. The van der Waals surface area contributed by atoms with Crippen LogP contribution in [0.5, 0.6) is 0 Å². The van der Waals surface area contributed by atoms with Crippen LogP contribution in [0.15, 0.2) is 0 Å². The molecular weight excluding hydrogens is 200 g/mol. The molecular formula is C13H26N2O. The number of hydrogen-bond acceptors (Lipinski definition) is 2. The molecule has 0 saturated heterocycles. The predicted octanol–water partition coefficient (Wildman–Crippen LogP) is 2.07. The van der Waals surface area contributed by atoms with Crippen molar-refractivity contribution in [3.63, 3.8) is 0 Å². The van der Waals surface area contributed by atoms with Gasteiger partial charge >= 0.3 is 0 Å². The first-order valence-electron chi connectivity index (χ1n) is 6.69. The second kappa shape index (κ2) is 6.89. The summed E-state index contributed by atoms with van der Waals surface area (Å²) < 4.78 is 0. The fourth-order valence-electron chi connectivity index (χ4n) is 2.46. The highest BCUT2D eigenvalue weighted by atomic mass is 16.2. The Bertz CT molecular complexity index is 212. The lowest BCUT2D eigenvalue weighted by Gasteiger charge is -2.24. The van der Waals surface area contributed by atoms with E-state index in [0.29, 0.717) is 6.04 Å². The second-order valence-electron chi connectivity index (χ2n) is 5.01. The fraction of sp³-hybridized carbons (Fsp3) is 0.923. The summed E-state index contributed by atoms with van der Waals surface area (Å²) >= 11 is 0. The molecule has 0 aromatic heterocycles. The van der Waals surface area contributed by atoms with Crippen LogP contribution in [0, 0.1) is 5.92 Å². The van der Waals surface area contributed by atoms with Gasteiger partial charge < -0.3 is 10.6 Å². The van der Waals surface area contributed by atoms with Crippen LogP contribution < -0.4 is 10.6 Å². The highest BCUT2D eigenvalue weighted by Crippen LogP contribution is 2.27. The van der Waals surface area contributed by atoms with Crippen molar-refractivity contribution in [3.8, 4) is 0 Å². The van der Waals surface area contributed by atoms with Gasteiger partial charge in [-0.05, 0) is 39.0 Å². The van der Waals surface area contributed by atoms with Crippen molar-refractivity contribution >= 4 is 5.91 Å². The Labute approximate surface area is 99.4 Å². The molecule has 0 aromatic carbocycles.